The number of benzene rings is 1. The standard InChI is InChI=1S/C20H28N2O2/c1-16(2)7-9-22-11-10-21(14-18(22)8-12-23)15-19-13-17-5-3-4-6-20(17)24-19/h3-7,13,18,23H,8-12,14-15H2,1-2H3/t18-/m0/s1. The van der Waals surface area contributed by atoms with Crippen molar-refractivity contribution >= 4 is 11.0 Å². The van der Waals surface area contributed by atoms with Crippen LogP contribution in [0.2, 0.25) is 0 Å². The second-order valence-corrected chi connectivity index (χ2v) is 6.93. The van der Waals surface area contributed by atoms with Gasteiger partial charge in [0, 0.05) is 44.2 Å². The van der Waals surface area contributed by atoms with Gasteiger partial charge in [-0.1, -0.05) is 29.8 Å². The number of fused-ring (bicyclic) bond motifs is 1. The van der Waals surface area contributed by atoms with E-state index in [0.717, 1.165) is 50.5 Å². The third-order valence-corrected chi connectivity index (χ3v) is 4.74. The number of aliphatic hydroxyl groups excluding tert-OH is 1. The summed E-state index contributed by atoms with van der Waals surface area (Å²) in [6, 6.07) is 10.7. The molecular weight excluding hydrogens is 300 g/mol. The zero-order valence-electron chi connectivity index (χ0n) is 14.7. The van der Waals surface area contributed by atoms with E-state index in [9.17, 15) is 5.11 Å². The smallest absolute Gasteiger partial charge is 0.134 e. The summed E-state index contributed by atoms with van der Waals surface area (Å²) in [5, 5.41) is 10.6. The van der Waals surface area contributed by atoms with Crippen LogP contribution in [0.3, 0.4) is 0 Å². The number of furan rings is 1. The van der Waals surface area contributed by atoms with E-state index in [1.807, 2.05) is 18.2 Å². The third-order valence-electron chi connectivity index (χ3n) is 4.74. The molecule has 1 aromatic carbocycles. The molecule has 4 nitrogen and oxygen atoms in total. The molecule has 4 heteroatoms. The maximum atomic E-state index is 9.41. The summed E-state index contributed by atoms with van der Waals surface area (Å²) in [5.74, 6) is 1.02. The molecule has 0 aliphatic carbocycles. The van der Waals surface area contributed by atoms with Crippen LogP contribution >= 0.6 is 0 Å². The van der Waals surface area contributed by atoms with Crippen molar-refractivity contribution in [2.24, 2.45) is 0 Å². The molecule has 0 saturated carbocycles. The molecule has 2 aromatic rings. The van der Waals surface area contributed by atoms with Crippen LogP contribution in [0, 0.1) is 0 Å². The van der Waals surface area contributed by atoms with Gasteiger partial charge >= 0.3 is 0 Å². The van der Waals surface area contributed by atoms with Gasteiger partial charge in [0.05, 0.1) is 6.54 Å². The van der Waals surface area contributed by atoms with Gasteiger partial charge in [-0.25, -0.2) is 0 Å². The first-order chi connectivity index (χ1) is 11.7. The molecule has 0 unspecified atom stereocenters. The molecule has 1 saturated heterocycles. The first kappa shape index (κ1) is 17.2. The number of rotatable bonds is 6. The molecule has 1 aliphatic heterocycles. The summed E-state index contributed by atoms with van der Waals surface area (Å²) in [5.41, 5.74) is 2.31. The highest BCUT2D eigenvalue weighted by Gasteiger charge is 2.26. The summed E-state index contributed by atoms with van der Waals surface area (Å²) in [6.45, 7) is 9.39. The van der Waals surface area contributed by atoms with Gasteiger partial charge < -0.3 is 9.52 Å². The number of aliphatic hydroxyl groups is 1. The van der Waals surface area contributed by atoms with Crippen LogP contribution in [0.25, 0.3) is 11.0 Å². The number of nitrogens with zero attached hydrogens (tertiary/aromatic N) is 2. The Bertz CT molecular complexity index is 655. The summed E-state index contributed by atoms with van der Waals surface area (Å²) < 4.78 is 5.96. The second kappa shape index (κ2) is 7.97. The number of hydrogen-bond acceptors (Lipinski definition) is 4. The van der Waals surface area contributed by atoms with Crippen molar-refractivity contribution in [1.82, 2.24) is 9.80 Å². The van der Waals surface area contributed by atoms with E-state index >= 15 is 0 Å². The molecule has 0 bridgehead atoms. The van der Waals surface area contributed by atoms with E-state index in [0.29, 0.717) is 6.04 Å². The van der Waals surface area contributed by atoms with Crippen molar-refractivity contribution in [3.63, 3.8) is 0 Å². The van der Waals surface area contributed by atoms with Crippen LogP contribution in [0.5, 0.6) is 0 Å². The Morgan fingerprint density at radius 2 is 2.12 bits per heavy atom. The molecule has 1 atom stereocenters. The number of para-hydroxylation sites is 1. The lowest BCUT2D eigenvalue weighted by Crippen LogP contribution is -2.53. The Kier molecular flexibility index (Phi) is 5.72. The van der Waals surface area contributed by atoms with Crippen molar-refractivity contribution in [2.75, 3.05) is 32.8 Å². The Labute approximate surface area is 144 Å². The summed E-state index contributed by atoms with van der Waals surface area (Å²) in [4.78, 5) is 4.93. The predicted octanol–water partition coefficient (Wildman–Crippen LogP) is 3.27. The minimum absolute atomic E-state index is 0.245. The van der Waals surface area contributed by atoms with Gasteiger partial charge in [-0.15, -0.1) is 0 Å². The molecule has 1 fully saturated rings. The van der Waals surface area contributed by atoms with Gasteiger partial charge in [0.15, 0.2) is 0 Å². The molecular formula is C20H28N2O2. The lowest BCUT2D eigenvalue weighted by Gasteiger charge is -2.40. The van der Waals surface area contributed by atoms with Gasteiger partial charge in [-0.2, -0.15) is 0 Å². The number of hydrogen-bond donors (Lipinski definition) is 1. The third kappa shape index (κ3) is 4.26. The van der Waals surface area contributed by atoms with E-state index < -0.39 is 0 Å². The zero-order chi connectivity index (χ0) is 16.9. The molecule has 1 N–H and O–H groups in total. The van der Waals surface area contributed by atoms with Crippen molar-refractivity contribution < 1.29 is 9.52 Å². The monoisotopic (exact) mass is 328 g/mol. The highest BCUT2D eigenvalue weighted by molar-refractivity contribution is 5.77. The summed E-state index contributed by atoms with van der Waals surface area (Å²) in [6.07, 6.45) is 3.10. The van der Waals surface area contributed by atoms with Gasteiger partial charge in [0.25, 0.3) is 0 Å². The molecule has 0 radical (unpaired) electrons. The normalized spacial score (nSPS) is 19.7. The fourth-order valence-corrected chi connectivity index (χ4v) is 3.40. The molecule has 3 rings (SSSR count). The fourth-order valence-electron chi connectivity index (χ4n) is 3.40. The Hall–Kier alpha value is -1.62. The van der Waals surface area contributed by atoms with Crippen LogP contribution < -0.4 is 0 Å². The number of piperazine rings is 1. The zero-order valence-corrected chi connectivity index (χ0v) is 14.7. The fraction of sp³-hybridized carbons (Fsp3) is 0.500. The summed E-state index contributed by atoms with van der Waals surface area (Å²) >= 11 is 0. The maximum absolute atomic E-state index is 9.41. The predicted molar refractivity (Wildman–Crippen MR) is 98.0 cm³/mol. The minimum atomic E-state index is 0.245. The van der Waals surface area contributed by atoms with E-state index in [1.165, 1.54) is 11.0 Å². The molecule has 2 heterocycles. The SMILES string of the molecule is CC(C)=CCN1CCN(Cc2cc3ccccc3o2)C[C@@H]1CCO. The largest absolute Gasteiger partial charge is 0.460 e. The molecule has 1 aromatic heterocycles. The molecule has 1 aliphatic rings. The van der Waals surface area contributed by atoms with Crippen LogP contribution in [-0.4, -0.2) is 53.7 Å². The van der Waals surface area contributed by atoms with E-state index in [4.69, 9.17) is 4.42 Å². The molecule has 24 heavy (non-hydrogen) atoms. The highest BCUT2D eigenvalue weighted by atomic mass is 16.3. The summed E-state index contributed by atoms with van der Waals surface area (Å²) in [7, 11) is 0. The van der Waals surface area contributed by atoms with Crippen molar-refractivity contribution in [2.45, 2.75) is 32.9 Å². The van der Waals surface area contributed by atoms with Gasteiger partial charge in [-0.05, 0) is 32.4 Å². The van der Waals surface area contributed by atoms with Gasteiger partial charge in [0.2, 0.25) is 0 Å². The van der Waals surface area contributed by atoms with E-state index in [-0.39, 0.29) is 6.61 Å². The van der Waals surface area contributed by atoms with Crippen molar-refractivity contribution in [3.8, 4) is 0 Å². The minimum Gasteiger partial charge on any atom is -0.460 e. The van der Waals surface area contributed by atoms with Crippen LogP contribution in [0.15, 0.2) is 46.4 Å². The molecule has 130 valence electrons. The quantitative estimate of drug-likeness (QED) is 0.826. The first-order valence-corrected chi connectivity index (χ1v) is 8.84. The Morgan fingerprint density at radius 1 is 1.29 bits per heavy atom. The van der Waals surface area contributed by atoms with E-state index in [2.05, 4.69) is 41.9 Å². The lowest BCUT2D eigenvalue weighted by molar-refractivity contribution is 0.0604. The van der Waals surface area contributed by atoms with E-state index in [1.54, 1.807) is 0 Å². The van der Waals surface area contributed by atoms with Gasteiger partial charge in [-0.3, -0.25) is 9.80 Å². The second-order valence-electron chi connectivity index (χ2n) is 6.93. The highest BCUT2D eigenvalue weighted by Crippen LogP contribution is 2.22. The average molecular weight is 328 g/mol. The van der Waals surface area contributed by atoms with Gasteiger partial charge in [0.1, 0.15) is 11.3 Å². The van der Waals surface area contributed by atoms with Crippen molar-refractivity contribution in [1.29, 1.82) is 0 Å². The Morgan fingerprint density at radius 3 is 2.88 bits per heavy atom. The van der Waals surface area contributed by atoms with Crippen LogP contribution in [-0.2, 0) is 6.54 Å². The average Bonchev–Trinajstić information content (AvgIpc) is 2.96. The Balaban J connectivity index is 1.64. The van der Waals surface area contributed by atoms with Crippen LogP contribution in [0.1, 0.15) is 26.0 Å². The lowest BCUT2D eigenvalue weighted by atomic mass is 10.1. The topological polar surface area (TPSA) is 39.9 Å². The number of allylic oxidation sites excluding steroid dienone is 1. The molecule has 0 amide bonds. The van der Waals surface area contributed by atoms with Crippen LogP contribution in [0.4, 0.5) is 0 Å². The first-order valence-electron chi connectivity index (χ1n) is 8.84. The van der Waals surface area contributed by atoms with Crippen molar-refractivity contribution in [3.05, 3.63) is 47.7 Å². The molecule has 0 spiro atoms. The maximum Gasteiger partial charge on any atom is 0.134 e.